The summed E-state index contributed by atoms with van der Waals surface area (Å²) in [5.41, 5.74) is 7.00. The summed E-state index contributed by atoms with van der Waals surface area (Å²) in [6, 6.07) is 13.2. The van der Waals surface area contributed by atoms with Crippen LogP contribution in [0, 0.1) is 11.3 Å². The molecule has 1 amide bonds. The minimum absolute atomic E-state index is 0.0624. The Balaban J connectivity index is 1.84. The number of hydrogen-bond acceptors (Lipinski definition) is 9. The Bertz CT molecular complexity index is 1090. The van der Waals surface area contributed by atoms with Gasteiger partial charge in [0.2, 0.25) is 11.9 Å². The second-order valence-corrected chi connectivity index (χ2v) is 7.86. The predicted octanol–water partition coefficient (Wildman–Crippen LogP) is 3.02. The van der Waals surface area contributed by atoms with Crippen LogP contribution in [0.4, 0.5) is 10.9 Å². The highest BCUT2D eigenvalue weighted by molar-refractivity contribution is 7.99. The van der Waals surface area contributed by atoms with Crippen LogP contribution in [0.25, 0.3) is 10.4 Å². The molecule has 11 heteroatoms. The van der Waals surface area contributed by atoms with E-state index in [9.17, 15) is 9.59 Å². The third-order valence-electron chi connectivity index (χ3n) is 3.85. The van der Waals surface area contributed by atoms with E-state index in [1.165, 1.54) is 15.9 Å². The van der Waals surface area contributed by atoms with Gasteiger partial charge in [-0.1, -0.05) is 42.1 Å². The number of thioether (sulfide) groups is 1. The Kier molecular flexibility index (Phi) is 7.05. The van der Waals surface area contributed by atoms with Crippen molar-refractivity contribution in [3.8, 4) is 16.5 Å². The first-order valence-corrected chi connectivity index (χ1v) is 10.7. The Morgan fingerprint density at radius 3 is 2.80 bits per heavy atom. The van der Waals surface area contributed by atoms with Gasteiger partial charge in [-0.3, -0.25) is 9.36 Å². The molecule has 2 aromatic heterocycles. The van der Waals surface area contributed by atoms with Gasteiger partial charge in [-0.05, 0) is 18.6 Å². The monoisotopic (exact) mass is 442 g/mol. The normalized spacial score (nSPS) is 10.4. The number of rotatable bonds is 8. The number of nitrogens with two attached hydrogens (primary N) is 1. The zero-order valence-electron chi connectivity index (χ0n) is 16.0. The molecule has 9 nitrogen and oxygen atoms in total. The van der Waals surface area contributed by atoms with Crippen molar-refractivity contribution in [2.24, 2.45) is 0 Å². The second-order valence-electron chi connectivity index (χ2n) is 5.86. The van der Waals surface area contributed by atoms with Crippen LogP contribution >= 0.6 is 23.1 Å². The minimum Gasteiger partial charge on any atom is -0.462 e. The number of nitriles is 1. The smallest absolute Gasteiger partial charge is 0.341 e. The number of nitrogens with one attached hydrogen (secondary N) is 1. The molecule has 0 bridgehead atoms. The van der Waals surface area contributed by atoms with Crippen molar-refractivity contribution in [1.29, 1.82) is 5.26 Å². The average molecular weight is 443 g/mol. The second kappa shape index (κ2) is 9.91. The van der Waals surface area contributed by atoms with Crippen molar-refractivity contribution in [1.82, 2.24) is 14.8 Å². The van der Waals surface area contributed by atoms with Crippen LogP contribution in [-0.2, 0) is 16.1 Å². The van der Waals surface area contributed by atoms with Gasteiger partial charge in [0.15, 0.2) is 5.16 Å². The van der Waals surface area contributed by atoms with Crippen LogP contribution < -0.4 is 11.1 Å². The molecule has 0 aliphatic rings. The van der Waals surface area contributed by atoms with Gasteiger partial charge in [-0.2, -0.15) is 5.26 Å². The van der Waals surface area contributed by atoms with Gasteiger partial charge in [0.25, 0.3) is 0 Å². The number of amides is 1. The summed E-state index contributed by atoms with van der Waals surface area (Å²) >= 11 is 2.41. The summed E-state index contributed by atoms with van der Waals surface area (Å²) in [6.45, 7) is 1.78. The molecule has 0 saturated heterocycles. The van der Waals surface area contributed by atoms with Gasteiger partial charge < -0.3 is 15.8 Å². The fraction of sp³-hybridized carbons (Fsp3) is 0.211. The molecule has 0 atom stereocenters. The van der Waals surface area contributed by atoms with Gasteiger partial charge in [0, 0.05) is 4.88 Å². The zero-order chi connectivity index (χ0) is 21.5. The third kappa shape index (κ3) is 4.97. The summed E-state index contributed by atoms with van der Waals surface area (Å²) in [7, 11) is 0. The van der Waals surface area contributed by atoms with Crippen LogP contribution in [0.3, 0.4) is 0 Å². The fourth-order valence-electron chi connectivity index (χ4n) is 2.55. The van der Waals surface area contributed by atoms with E-state index in [4.69, 9.17) is 15.7 Å². The first-order valence-electron chi connectivity index (χ1n) is 8.88. The van der Waals surface area contributed by atoms with Crippen molar-refractivity contribution in [2.45, 2.75) is 18.6 Å². The molecule has 3 N–H and O–H groups in total. The summed E-state index contributed by atoms with van der Waals surface area (Å²) < 4.78 is 6.53. The van der Waals surface area contributed by atoms with E-state index in [-0.39, 0.29) is 30.4 Å². The van der Waals surface area contributed by atoms with Gasteiger partial charge in [-0.15, -0.1) is 21.5 Å². The van der Waals surface area contributed by atoms with Crippen molar-refractivity contribution >= 4 is 45.9 Å². The molecule has 154 valence electrons. The number of esters is 1. The molecule has 3 aromatic rings. The molecular weight excluding hydrogens is 424 g/mol. The number of ether oxygens (including phenoxy) is 1. The molecule has 0 saturated carbocycles. The molecule has 0 spiro atoms. The molecule has 2 heterocycles. The Labute approximate surface area is 180 Å². The first-order chi connectivity index (χ1) is 14.5. The van der Waals surface area contributed by atoms with Crippen molar-refractivity contribution in [3.63, 3.8) is 0 Å². The fourth-order valence-corrected chi connectivity index (χ4v) is 4.22. The Morgan fingerprint density at radius 2 is 2.10 bits per heavy atom. The van der Waals surface area contributed by atoms with Crippen molar-refractivity contribution in [3.05, 3.63) is 42.0 Å². The summed E-state index contributed by atoms with van der Waals surface area (Å²) in [5.74, 6) is -0.710. The number of nitrogen functional groups attached to an aromatic ring is 1. The molecule has 0 radical (unpaired) electrons. The van der Waals surface area contributed by atoms with E-state index in [0.717, 1.165) is 22.2 Å². The minimum atomic E-state index is -0.514. The Morgan fingerprint density at radius 1 is 1.33 bits per heavy atom. The van der Waals surface area contributed by atoms with E-state index in [0.29, 0.717) is 10.2 Å². The maximum absolute atomic E-state index is 12.7. The number of carbonyl (C=O) groups excluding carboxylic acids is 2. The van der Waals surface area contributed by atoms with E-state index >= 15 is 0 Å². The SMILES string of the molecule is CCOC(=O)c1cc(-c2ccccc2)sc1NC(=O)Cn1c(N)nnc1SCC#N. The van der Waals surface area contributed by atoms with Crippen LogP contribution in [0.1, 0.15) is 17.3 Å². The number of hydrogen-bond donors (Lipinski definition) is 2. The number of nitrogens with zero attached hydrogens (tertiary/aromatic N) is 4. The number of benzene rings is 1. The van der Waals surface area contributed by atoms with E-state index in [2.05, 4.69) is 15.5 Å². The largest absolute Gasteiger partial charge is 0.462 e. The van der Waals surface area contributed by atoms with Crippen LogP contribution in [0.15, 0.2) is 41.6 Å². The lowest BCUT2D eigenvalue weighted by Crippen LogP contribution is -2.21. The lowest BCUT2D eigenvalue weighted by atomic mass is 10.1. The maximum atomic E-state index is 12.7. The predicted molar refractivity (Wildman–Crippen MR) is 115 cm³/mol. The topological polar surface area (TPSA) is 136 Å². The number of carbonyl (C=O) groups is 2. The van der Waals surface area contributed by atoms with Gasteiger partial charge in [0.1, 0.15) is 11.5 Å². The molecule has 1 aromatic carbocycles. The van der Waals surface area contributed by atoms with E-state index in [1.807, 2.05) is 36.4 Å². The molecule has 0 unspecified atom stereocenters. The van der Waals surface area contributed by atoms with Crippen LogP contribution in [0.5, 0.6) is 0 Å². The highest BCUT2D eigenvalue weighted by atomic mass is 32.2. The van der Waals surface area contributed by atoms with Gasteiger partial charge in [-0.25, -0.2) is 4.79 Å². The average Bonchev–Trinajstić information content (AvgIpc) is 3.31. The molecule has 0 aliphatic heterocycles. The quantitative estimate of drug-likeness (QED) is 0.401. The first kappa shape index (κ1) is 21.4. The standard InChI is InChI=1S/C19H18N6O3S2/c1-2-28-17(27)13-10-14(12-6-4-3-5-7-12)30-16(13)22-15(26)11-25-18(21)23-24-19(25)29-9-8-20/h3-7,10H,2,9,11H2,1H3,(H2,21,23)(H,22,26). The summed E-state index contributed by atoms with van der Waals surface area (Å²) in [4.78, 5) is 25.9. The molecule has 30 heavy (non-hydrogen) atoms. The van der Waals surface area contributed by atoms with Crippen molar-refractivity contribution in [2.75, 3.05) is 23.4 Å². The molecular formula is C19H18N6O3S2. The van der Waals surface area contributed by atoms with Gasteiger partial charge in [0.05, 0.1) is 24.0 Å². The van der Waals surface area contributed by atoms with Crippen molar-refractivity contribution < 1.29 is 14.3 Å². The highest BCUT2D eigenvalue weighted by Gasteiger charge is 2.21. The lowest BCUT2D eigenvalue weighted by Gasteiger charge is -2.08. The number of thiophene rings is 1. The highest BCUT2D eigenvalue weighted by Crippen LogP contribution is 2.36. The molecule has 0 fully saturated rings. The maximum Gasteiger partial charge on any atom is 0.341 e. The lowest BCUT2D eigenvalue weighted by molar-refractivity contribution is -0.116. The van der Waals surface area contributed by atoms with E-state index < -0.39 is 11.9 Å². The molecule has 3 rings (SSSR count). The van der Waals surface area contributed by atoms with Crippen LogP contribution in [0.2, 0.25) is 0 Å². The number of aromatic nitrogens is 3. The van der Waals surface area contributed by atoms with Gasteiger partial charge >= 0.3 is 5.97 Å². The summed E-state index contributed by atoms with van der Waals surface area (Å²) in [6.07, 6.45) is 0. The summed E-state index contributed by atoms with van der Waals surface area (Å²) in [5, 5.41) is 19.9. The van der Waals surface area contributed by atoms with E-state index in [1.54, 1.807) is 13.0 Å². The third-order valence-corrected chi connectivity index (χ3v) is 5.78. The Hall–Kier alpha value is -3.36. The number of anilines is 2. The van der Waals surface area contributed by atoms with Crippen LogP contribution in [-0.4, -0.2) is 39.0 Å². The zero-order valence-corrected chi connectivity index (χ0v) is 17.6. The molecule has 0 aliphatic carbocycles.